The maximum absolute atomic E-state index is 5.94. The standard InChI is InChI=1S/C14H16ClN3/c1-18-14-12(4-2-3-9-16-14)13(17-18)10-5-7-11(15)8-6-10/h5-8,16H,2-4,9H2,1H3. The van der Waals surface area contributed by atoms with Crippen molar-refractivity contribution in [3.8, 4) is 11.3 Å². The monoisotopic (exact) mass is 261 g/mol. The molecule has 0 amide bonds. The van der Waals surface area contributed by atoms with Gasteiger partial charge in [-0.2, -0.15) is 5.10 Å². The van der Waals surface area contributed by atoms with E-state index in [0.717, 1.165) is 35.1 Å². The number of rotatable bonds is 1. The SMILES string of the molecule is Cn1nc(-c2ccc(Cl)cc2)c2c1NCCCC2. The van der Waals surface area contributed by atoms with Crippen molar-refractivity contribution in [3.63, 3.8) is 0 Å². The van der Waals surface area contributed by atoms with Crippen LogP contribution in [0.1, 0.15) is 18.4 Å². The van der Waals surface area contributed by atoms with Gasteiger partial charge in [0.1, 0.15) is 5.82 Å². The normalized spacial score (nSPS) is 14.8. The van der Waals surface area contributed by atoms with Crippen LogP contribution in [-0.4, -0.2) is 16.3 Å². The molecule has 0 unspecified atom stereocenters. The lowest BCUT2D eigenvalue weighted by Gasteiger charge is -2.04. The summed E-state index contributed by atoms with van der Waals surface area (Å²) >= 11 is 5.94. The summed E-state index contributed by atoms with van der Waals surface area (Å²) in [6.45, 7) is 1.03. The highest BCUT2D eigenvalue weighted by Gasteiger charge is 2.18. The summed E-state index contributed by atoms with van der Waals surface area (Å²) in [6, 6.07) is 7.91. The molecule has 2 heterocycles. The molecular formula is C14H16ClN3. The lowest BCUT2D eigenvalue weighted by atomic mass is 10.0. The maximum Gasteiger partial charge on any atom is 0.127 e. The third kappa shape index (κ3) is 1.99. The minimum Gasteiger partial charge on any atom is -0.370 e. The Morgan fingerprint density at radius 3 is 2.78 bits per heavy atom. The van der Waals surface area contributed by atoms with E-state index in [1.165, 1.54) is 18.4 Å². The van der Waals surface area contributed by atoms with E-state index in [1.54, 1.807) is 0 Å². The minimum atomic E-state index is 0.763. The predicted octanol–water partition coefficient (Wildman–Crippen LogP) is 3.49. The highest BCUT2D eigenvalue weighted by molar-refractivity contribution is 6.30. The van der Waals surface area contributed by atoms with Gasteiger partial charge in [-0.3, -0.25) is 4.68 Å². The first kappa shape index (κ1) is 11.6. The van der Waals surface area contributed by atoms with Gasteiger partial charge in [-0.05, 0) is 31.4 Å². The summed E-state index contributed by atoms with van der Waals surface area (Å²) in [5.41, 5.74) is 3.55. The molecule has 94 valence electrons. The van der Waals surface area contributed by atoms with Crippen LogP contribution in [0.2, 0.25) is 5.02 Å². The number of nitrogens with zero attached hydrogens (tertiary/aromatic N) is 2. The number of aryl methyl sites for hydroxylation is 1. The predicted molar refractivity (Wildman–Crippen MR) is 75.1 cm³/mol. The molecule has 0 radical (unpaired) electrons. The molecule has 0 fully saturated rings. The zero-order chi connectivity index (χ0) is 12.5. The molecule has 1 N–H and O–H groups in total. The van der Waals surface area contributed by atoms with Gasteiger partial charge in [0.15, 0.2) is 0 Å². The van der Waals surface area contributed by atoms with Crippen LogP contribution in [0, 0.1) is 0 Å². The van der Waals surface area contributed by atoms with Crippen molar-refractivity contribution in [1.29, 1.82) is 0 Å². The molecule has 4 heteroatoms. The molecule has 1 aliphatic heterocycles. The zero-order valence-electron chi connectivity index (χ0n) is 10.4. The molecule has 0 bridgehead atoms. The van der Waals surface area contributed by atoms with Crippen LogP contribution in [0.15, 0.2) is 24.3 Å². The van der Waals surface area contributed by atoms with Crippen LogP contribution in [-0.2, 0) is 13.5 Å². The van der Waals surface area contributed by atoms with Crippen molar-refractivity contribution in [1.82, 2.24) is 9.78 Å². The van der Waals surface area contributed by atoms with Crippen LogP contribution < -0.4 is 5.32 Å². The zero-order valence-corrected chi connectivity index (χ0v) is 11.2. The molecule has 3 nitrogen and oxygen atoms in total. The van der Waals surface area contributed by atoms with Crippen LogP contribution in [0.25, 0.3) is 11.3 Å². The van der Waals surface area contributed by atoms with Crippen molar-refractivity contribution in [2.24, 2.45) is 7.05 Å². The fraction of sp³-hybridized carbons (Fsp3) is 0.357. The van der Waals surface area contributed by atoms with Crippen molar-refractivity contribution in [2.75, 3.05) is 11.9 Å². The smallest absolute Gasteiger partial charge is 0.127 e. The highest BCUT2D eigenvalue weighted by atomic mass is 35.5. The fourth-order valence-electron chi connectivity index (χ4n) is 2.50. The Balaban J connectivity index is 2.09. The molecule has 2 aromatic rings. The van der Waals surface area contributed by atoms with Gasteiger partial charge >= 0.3 is 0 Å². The van der Waals surface area contributed by atoms with E-state index in [4.69, 9.17) is 11.6 Å². The molecule has 0 saturated heterocycles. The van der Waals surface area contributed by atoms with Crippen LogP contribution in [0.4, 0.5) is 5.82 Å². The van der Waals surface area contributed by atoms with Gasteiger partial charge in [0.2, 0.25) is 0 Å². The number of anilines is 1. The maximum atomic E-state index is 5.94. The second-order valence-corrected chi connectivity index (χ2v) is 5.13. The number of halogens is 1. The lowest BCUT2D eigenvalue weighted by Crippen LogP contribution is -2.04. The Bertz CT molecular complexity index is 557. The third-order valence-corrected chi connectivity index (χ3v) is 3.66. The van der Waals surface area contributed by atoms with Gasteiger partial charge in [-0.1, -0.05) is 23.7 Å². The minimum absolute atomic E-state index is 0.763. The number of hydrogen-bond acceptors (Lipinski definition) is 2. The third-order valence-electron chi connectivity index (χ3n) is 3.41. The van der Waals surface area contributed by atoms with Crippen molar-refractivity contribution < 1.29 is 0 Å². The van der Waals surface area contributed by atoms with Crippen molar-refractivity contribution in [3.05, 3.63) is 34.9 Å². The van der Waals surface area contributed by atoms with E-state index < -0.39 is 0 Å². The van der Waals surface area contributed by atoms with Gasteiger partial charge in [-0.25, -0.2) is 0 Å². The van der Waals surface area contributed by atoms with Crippen molar-refractivity contribution >= 4 is 17.4 Å². The topological polar surface area (TPSA) is 29.9 Å². The summed E-state index contributed by atoms with van der Waals surface area (Å²) < 4.78 is 1.95. The van der Waals surface area contributed by atoms with Gasteiger partial charge in [-0.15, -0.1) is 0 Å². The van der Waals surface area contributed by atoms with E-state index in [1.807, 2.05) is 36.0 Å². The number of hydrogen-bond donors (Lipinski definition) is 1. The largest absolute Gasteiger partial charge is 0.370 e. The van der Waals surface area contributed by atoms with Crippen LogP contribution >= 0.6 is 11.6 Å². The van der Waals surface area contributed by atoms with E-state index in [2.05, 4.69) is 10.4 Å². The summed E-state index contributed by atoms with van der Waals surface area (Å²) in [6.07, 6.45) is 3.52. The number of fused-ring (bicyclic) bond motifs is 1. The lowest BCUT2D eigenvalue weighted by molar-refractivity contribution is 0.757. The molecule has 1 aromatic carbocycles. The van der Waals surface area contributed by atoms with E-state index in [-0.39, 0.29) is 0 Å². The Labute approximate surface area is 112 Å². The highest BCUT2D eigenvalue weighted by Crippen LogP contribution is 2.31. The van der Waals surface area contributed by atoms with E-state index in [0.29, 0.717) is 0 Å². The van der Waals surface area contributed by atoms with Gasteiger partial charge in [0.05, 0.1) is 5.69 Å². The van der Waals surface area contributed by atoms with Crippen LogP contribution in [0.3, 0.4) is 0 Å². The van der Waals surface area contributed by atoms with Crippen molar-refractivity contribution in [2.45, 2.75) is 19.3 Å². The van der Waals surface area contributed by atoms with Crippen LogP contribution in [0.5, 0.6) is 0 Å². The molecule has 1 aromatic heterocycles. The molecule has 3 rings (SSSR count). The summed E-state index contributed by atoms with van der Waals surface area (Å²) in [5, 5.41) is 8.88. The first-order valence-corrected chi connectivity index (χ1v) is 6.69. The average Bonchev–Trinajstić information content (AvgIpc) is 2.56. The molecule has 0 spiro atoms. The Hall–Kier alpha value is -1.48. The molecular weight excluding hydrogens is 246 g/mol. The van der Waals surface area contributed by atoms with E-state index in [9.17, 15) is 0 Å². The van der Waals surface area contributed by atoms with Gasteiger partial charge in [0, 0.05) is 29.7 Å². The summed E-state index contributed by atoms with van der Waals surface area (Å²) in [5.74, 6) is 1.16. The number of benzene rings is 1. The number of nitrogens with one attached hydrogen (secondary N) is 1. The quantitative estimate of drug-likeness (QED) is 0.852. The second kappa shape index (κ2) is 4.65. The Morgan fingerprint density at radius 1 is 1.22 bits per heavy atom. The average molecular weight is 262 g/mol. The Kier molecular flexibility index (Phi) is 3.00. The first-order chi connectivity index (χ1) is 8.75. The Morgan fingerprint density at radius 2 is 2.00 bits per heavy atom. The molecule has 0 atom stereocenters. The van der Waals surface area contributed by atoms with E-state index >= 15 is 0 Å². The molecule has 0 aliphatic carbocycles. The molecule has 1 aliphatic rings. The second-order valence-electron chi connectivity index (χ2n) is 4.69. The fourth-order valence-corrected chi connectivity index (χ4v) is 2.63. The van der Waals surface area contributed by atoms with Gasteiger partial charge < -0.3 is 5.32 Å². The molecule has 18 heavy (non-hydrogen) atoms. The summed E-state index contributed by atoms with van der Waals surface area (Å²) in [4.78, 5) is 0. The van der Waals surface area contributed by atoms with Gasteiger partial charge in [0.25, 0.3) is 0 Å². The summed E-state index contributed by atoms with van der Waals surface area (Å²) in [7, 11) is 2.00. The molecule has 0 saturated carbocycles. The first-order valence-electron chi connectivity index (χ1n) is 6.31. The number of aromatic nitrogens is 2.